The zero-order valence-electron chi connectivity index (χ0n) is 11.7. The summed E-state index contributed by atoms with van der Waals surface area (Å²) in [4.78, 5) is 23.6. The molecule has 1 aromatic carbocycles. The van der Waals surface area contributed by atoms with Gasteiger partial charge in [-0.3, -0.25) is 25.5 Å². The Morgan fingerprint density at radius 2 is 2.14 bits per heavy atom. The first kappa shape index (κ1) is 14.8. The lowest BCUT2D eigenvalue weighted by atomic mass is 10.1. The van der Waals surface area contributed by atoms with Crippen molar-refractivity contribution in [3.8, 4) is 0 Å². The second-order valence-electron chi connectivity index (χ2n) is 4.67. The Labute approximate surface area is 122 Å². The number of carbonyl (C=O) groups is 2. The second-order valence-corrected chi connectivity index (χ2v) is 4.67. The smallest absolute Gasteiger partial charge is 0.270 e. The van der Waals surface area contributed by atoms with E-state index < -0.39 is 0 Å². The molecular weight excluding hydrogens is 268 g/mol. The fourth-order valence-electron chi connectivity index (χ4n) is 2.00. The largest absolute Gasteiger partial charge is 0.278 e. The van der Waals surface area contributed by atoms with E-state index in [-0.39, 0.29) is 11.8 Å². The number of hydrazine groups is 1. The van der Waals surface area contributed by atoms with Crippen LogP contribution in [0.2, 0.25) is 0 Å². The van der Waals surface area contributed by atoms with Gasteiger partial charge in [-0.1, -0.05) is 12.1 Å². The highest BCUT2D eigenvalue weighted by molar-refractivity contribution is 6.06. The molecule has 0 fully saturated rings. The van der Waals surface area contributed by atoms with Crippen molar-refractivity contribution in [1.29, 1.82) is 0 Å². The molecule has 110 valence electrons. The third kappa shape index (κ3) is 3.92. The van der Waals surface area contributed by atoms with Crippen molar-refractivity contribution in [2.75, 3.05) is 0 Å². The van der Waals surface area contributed by atoms with Gasteiger partial charge >= 0.3 is 0 Å². The summed E-state index contributed by atoms with van der Waals surface area (Å²) in [7, 11) is 0. The zero-order chi connectivity index (χ0) is 15.1. The molecule has 0 saturated heterocycles. The van der Waals surface area contributed by atoms with Crippen LogP contribution in [0.3, 0.4) is 0 Å². The number of amides is 2. The van der Waals surface area contributed by atoms with Crippen molar-refractivity contribution in [3.63, 3.8) is 0 Å². The molecule has 0 spiro atoms. The molecule has 0 atom stereocenters. The number of unbranched alkanes of at least 4 members (excludes halogenated alkanes) is 2. The standard InChI is InChI=1S/C15H18N4O2/c1-2-3-4-5-9-14(20)18-19-15(21)11-7-6-8-13-12(11)10-16-17-13/h2,6-8,10H,1,3-5,9H2,(H,16,17)(H,18,20)(H,19,21). The van der Waals surface area contributed by atoms with E-state index in [4.69, 9.17) is 0 Å². The number of fused-ring (bicyclic) bond motifs is 1. The van der Waals surface area contributed by atoms with Gasteiger partial charge in [0, 0.05) is 11.8 Å². The third-order valence-corrected chi connectivity index (χ3v) is 3.11. The van der Waals surface area contributed by atoms with Gasteiger partial charge in [-0.15, -0.1) is 6.58 Å². The van der Waals surface area contributed by atoms with Crippen molar-refractivity contribution in [1.82, 2.24) is 21.0 Å². The summed E-state index contributed by atoms with van der Waals surface area (Å²) in [5.74, 6) is -0.562. The molecule has 6 nitrogen and oxygen atoms in total. The van der Waals surface area contributed by atoms with Crippen molar-refractivity contribution in [2.45, 2.75) is 25.7 Å². The fourth-order valence-corrected chi connectivity index (χ4v) is 2.00. The third-order valence-electron chi connectivity index (χ3n) is 3.11. The summed E-state index contributed by atoms with van der Waals surface area (Å²) in [6.07, 6.45) is 6.36. The fraction of sp³-hybridized carbons (Fsp3) is 0.267. The lowest BCUT2D eigenvalue weighted by Gasteiger charge is -2.07. The van der Waals surface area contributed by atoms with E-state index in [2.05, 4.69) is 27.6 Å². The quantitative estimate of drug-likeness (QED) is 0.431. The van der Waals surface area contributed by atoms with Crippen molar-refractivity contribution in [3.05, 3.63) is 42.6 Å². The molecule has 0 aliphatic carbocycles. The first-order valence-electron chi connectivity index (χ1n) is 6.84. The van der Waals surface area contributed by atoms with Crippen LogP contribution in [0.1, 0.15) is 36.0 Å². The number of hydrogen-bond donors (Lipinski definition) is 3. The van der Waals surface area contributed by atoms with Crippen LogP contribution in [0.4, 0.5) is 0 Å². The molecule has 2 amide bonds. The minimum Gasteiger partial charge on any atom is -0.278 e. The summed E-state index contributed by atoms with van der Waals surface area (Å²) in [5, 5.41) is 7.41. The maximum Gasteiger partial charge on any atom is 0.270 e. The Balaban J connectivity index is 1.86. The number of aromatic amines is 1. The number of allylic oxidation sites excluding steroid dienone is 1. The van der Waals surface area contributed by atoms with Crippen molar-refractivity contribution < 1.29 is 9.59 Å². The van der Waals surface area contributed by atoms with Gasteiger partial charge in [-0.2, -0.15) is 5.10 Å². The molecule has 0 aliphatic heterocycles. The van der Waals surface area contributed by atoms with Crippen LogP contribution >= 0.6 is 0 Å². The Morgan fingerprint density at radius 1 is 1.29 bits per heavy atom. The van der Waals surface area contributed by atoms with E-state index in [1.165, 1.54) is 0 Å². The summed E-state index contributed by atoms with van der Waals surface area (Å²) in [6, 6.07) is 5.27. The van der Waals surface area contributed by atoms with E-state index in [1.807, 2.05) is 12.1 Å². The topological polar surface area (TPSA) is 86.9 Å². The number of nitrogens with zero attached hydrogens (tertiary/aromatic N) is 1. The highest BCUT2D eigenvalue weighted by Gasteiger charge is 2.11. The first-order chi connectivity index (χ1) is 10.2. The van der Waals surface area contributed by atoms with Gasteiger partial charge in [0.1, 0.15) is 0 Å². The molecule has 0 aliphatic rings. The number of rotatable bonds is 6. The van der Waals surface area contributed by atoms with Gasteiger partial charge < -0.3 is 0 Å². The molecular formula is C15H18N4O2. The molecule has 3 N–H and O–H groups in total. The molecule has 2 rings (SSSR count). The first-order valence-corrected chi connectivity index (χ1v) is 6.84. The Bertz CT molecular complexity index is 648. The Kier molecular flexibility index (Phi) is 5.09. The lowest BCUT2D eigenvalue weighted by Crippen LogP contribution is -2.41. The predicted molar refractivity (Wildman–Crippen MR) is 80.4 cm³/mol. The van der Waals surface area contributed by atoms with Crippen LogP contribution in [0.25, 0.3) is 10.9 Å². The highest BCUT2D eigenvalue weighted by Crippen LogP contribution is 2.15. The average Bonchev–Trinajstić information content (AvgIpc) is 2.97. The number of carbonyl (C=O) groups excluding carboxylic acids is 2. The van der Waals surface area contributed by atoms with Gasteiger partial charge in [-0.25, -0.2) is 0 Å². The number of hydrogen-bond acceptors (Lipinski definition) is 3. The maximum atomic E-state index is 12.1. The van der Waals surface area contributed by atoms with Gasteiger partial charge in [-0.05, 0) is 31.4 Å². The molecule has 6 heteroatoms. The predicted octanol–water partition coefficient (Wildman–Crippen LogP) is 2.07. The maximum absolute atomic E-state index is 12.1. The van der Waals surface area contributed by atoms with E-state index >= 15 is 0 Å². The molecule has 1 aromatic heterocycles. The molecule has 0 radical (unpaired) electrons. The van der Waals surface area contributed by atoms with Gasteiger partial charge in [0.15, 0.2) is 0 Å². The lowest BCUT2D eigenvalue weighted by molar-refractivity contribution is -0.121. The van der Waals surface area contributed by atoms with Gasteiger partial charge in [0.25, 0.3) is 5.91 Å². The van der Waals surface area contributed by atoms with E-state index in [1.54, 1.807) is 18.3 Å². The summed E-state index contributed by atoms with van der Waals surface area (Å²) < 4.78 is 0. The SMILES string of the molecule is C=CCCCCC(=O)NNC(=O)c1cccc2[nH]ncc12. The molecule has 21 heavy (non-hydrogen) atoms. The zero-order valence-corrected chi connectivity index (χ0v) is 11.7. The van der Waals surface area contributed by atoms with Crippen LogP contribution < -0.4 is 10.9 Å². The average molecular weight is 286 g/mol. The molecule has 1 heterocycles. The molecule has 2 aromatic rings. The number of aromatic nitrogens is 2. The van der Waals surface area contributed by atoms with Gasteiger partial charge in [0.05, 0.1) is 17.3 Å². The monoisotopic (exact) mass is 286 g/mol. The van der Waals surface area contributed by atoms with Crippen LogP contribution in [-0.2, 0) is 4.79 Å². The van der Waals surface area contributed by atoms with Crippen LogP contribution in [-0.4, -0.2) is 22.0 Å². The summed E-state index contributed by atoms with van der Waals surface area (Å²) in [5.41, 5.74) is 6.08. The molecule has 0 bridgehead atoms. The summed E-state index contributed by atoms with van der Waals surface area (Å²) in [6.45, 7) is 3.63. The normalized spacial score (nSPS) is 10.3. The Morgan fingerprint density at radius 3 is 2.95 bits per heavy atom. The van der Waals surface area contributed by atoms with E-state index in [9.17, 15) is 9.59 Å². The number of H-pyrrole nitrogens is 1. The van der Waals surface area contributed by atoms with Crippen molar-refractivity contribution in [2.24, 2.45) is 0 Å². The number of nitrogens with one attached hydrogen (secondary N) is 3. The molecule has 0 saturated carbocycles. The van der Waals surface area contributed by atoms with Crippen LogP contribution in [0, 0.1) is 0 Å². The van der Waals surface area contributed by atoms with E-state index in [0.29, 0.717) is 12.0 Å². The minimum atomic E-state index is -0.360. The van der Waals surface area contributed by atoms with Crippen LogP contribution in [0.5, 0.6) is 0 Å². The van der Waals surface area contributed by atoms with Crippen molar-refractivity contribution >= 4 is 22.7 Å². The Hall–Kier alpha value is -2.63. The molecule has 0 unspecified atom stereocenters. The van der Waals surface area contributed by atoms with E-state index in [0.717, 1.165) is 30.2 Å². The number of benzene rings is 1. The minimum absolute atomic E-state index is 0.202. The summed E-state index contributed by atoms with van der Waals surface area (Å²) >= 11 is 0. The van der Waals surface area contributed by atoms with Crippen LogP contribution in [0.15, 0.2) is 37.1 Å². The second kappa shape index (κ2) is 7.23. The van der Waals surface area contributed by atoms with Gasteiger partial charge in [0.2, 0.25) is 5.91 Å². The highest BCUT2D eigenvalue weighted by atomic mass is 16.2.